The minimum absolute atomic E-state index is 0.00723. The molecule has 1 aromatic carbocycles. The van der Waals surface area contributed by atoms with Gasteiger partial charge in [-0.1, -0.05) is 11.6 Å². The second kappa shape index (κ2) is 9.40. The van der Waals surface area contributed by atoms with Crippen molar-refractivity contribution in [2.24, 2.45) is 22.4 Å². The molecule has 0 aliphatic heterocycles. The largest absolute Gasteiger partial charge is 0.386 e. The Morgan fingerprint density at radius 2 is 2.00 bits per heavy atom. The number of aliphatic imine (C=N–C) groups is 1. The zero-order valence-corrected chi connectivity index (χ0v) is 16.3. The van der Waals surface area contributed by atoms with Crippen LogP contribution in [0.1, 0.15) is 19.3 Å². The van der Waals surface area contributed by atoms with Crippen molar-refractivity contribution in [3.8, 4) is 6.07 Å². The van der Waals surface area contributed by atoms with E-state index in [1.807, 2.05) is 14.1 Å². The maximum atomic E-state index is 11.8. The van der Waals surface area contributed by atoms with Crippen LogP contribution in [-0.2, 0) is 4.79 Å². The highest BCUT2D eigenvalue weighted by atomic mass is 35.5. The Kier molecular flexibility index (Phi) is 7.22. The molecule has 2 rings (SSSR count). The van der Waals surface area contributed by atoms with Crippen LogP contribution in [0.5, 0.6) is 0 Å². The van der Waals surface area contributed by atoms with Crippen LogP contribution in [-0.4, -0.2) is 42.8 Å². The molecular weight excluding hydrogens is 364 g/mol. The van der Waals surface area contributed by atoms with Crippen LogP contribution in [0, 0.1) is 17.2 Å². The minimum atomic E-state index is -0.687. The van der Waals surface area contributed by atoms with Gasteiger partial charge in [0.15, 0.2) is 0 Å². The van der Waals surface area contributed by atoms with Crippen LogP contribution in [0.15, 0.2) is 41.0 Å². The zero-order chi connectivity index (χ0) is 20.0. The lowest BCUT2D eigenvalue weighted by Gasteiger charge is -2.36. The predicted octanol–water partition coefficient (Wildman–Crippen LogP) is 1.91. The van der Waals surface area contributed by atoms with E-state index in [-0.39, 0.29) is 23.4 Å². The fraction of sp³-hybridized carbons (Fsp3) is 0.421. The van der Waals surface area contributed by atoms with Crippen LogP contribution in [0.2, 0.25) is 5.02 Å². The molecule has 0 heterocycles. The maximum Gasteiger partial charge on any atom is 0.253 e. The van der Waals surface area contributed by atoms with Crippen molar-refractivity contribution in [3.05, 3.63) is 41.1 Å². The minimum Gasteiger partial charge on any atom is -0.386 e. The van der Waals surface area contributed by atoms with E-state index in [4.69, 9.17) is 23.1 Å². The molecule has 0 unspecified atom stereocenters. The summed E-state index contributed by atoms with van der Waals surface area (Å²) in [5.41, 5.74) is 12.1. The highest BCUT2D eigenvalue weighted by Gasteiger charge is 2.31. The average molecular weight is 389 g/mol. The molecule has 1 amide bonds. The SMILES string of the molecule is CN(C)[C@@H]1CC[C@H](N/C=C(/C(N)=O)C(N)=Nc2ccc(Cl)cc2)[C@@H](C#N)C1. The average Bonchev–Trinajstić information content (AvgIpc) is 2.63. The lowest BCUT2D eigenvalue weighted by atomic mass is 9.82. The van der Waals surface area contributed by atoms with Crippen molar-refractivity contribution in [1.82, 2.24) is 10.2 Å². The Morgan fingerprint density at radius 1 is 1.33 bits per heavy atom. The summed E-state index contributed by atoms with van der Waals surface area (Å²) < 4.78 is 0. The molecule has 144 valence electrons. The number of nitriles is 1. The Bertz CT molecular complexity index is 765. The third-order valence-corrected chi connectivity index (χ3v) is 5.03. The van der Waals surface area contributed by atoms with Gasteiger partial charge in [-0.2, -0.15) is 5.26 Å². The molecule has 0 aromatic heterocycles. The topological polar surface area (TPSA) is 121 Å². The highest BCUT2D eigenvalue weighted by Crippen LogP contribution is 2.27. The van der Waals surface area contributed by atoms with E-state index in [0.29, 0.717) is 16.8 Å². The summed E-state index contributed by atoms with van der Waals surface area (Å²) in [6, 6.07) is 9.41. The van der Waals surface area contributed by atoms with Crippen LogP contribution in [0.3, 0.4) is 0 Å². The number of amidine groups is 1. The first-order valence-electron chi connectivity index (χ1n) is 8.74. The first-order chi connectivity index (χ1) is 12.8. The molecule has 1 aliphatic rings. The number of amides is 1. The fourth-order valence-electron chi connectivity index (χ4n) is 3.14. The van der Waals surface area contributed by atoms with Crippen molar-refractivity contribution < 1.29 is 4.79 Å². The summed E-state index contributed by atoms with van der Waals surface area (Å²) in [5, 5.41) is 13.2. The number of nitrogens with one attached hydrogen (secondary N) is 1. The van der Waals surface area contributed by atoms with E-state index >= 15 is 0 Å². The predicted molar refractivity (Wildman–Crippen MR) is 107 cm³/mol. The molecule has 7 nitrogen and oxygen atoms in total. The number of halogens is 1. The van der Waals surface area contributed by atoms with Crippen molar-refractivity contribution in [3.63, 3.8) is 0 Å². The Morgan fingerprint density at radius 3 is 2.56 bits per heavy atom. The molecule has 1 saturated carbocycles. The Balaban J connectivity index is 2.14. The van der Waals surface area contributed by atoms with Gasteiger partial charge in [0.1, 0.15) is 5.84 Å². The molecule has 1 aromatic rings. The smallest absolute Gasteiger partial charge is 0.253 e. The summed E-state index contributed by atoms with van der Waals surface area (Å²) in [6.45, 7) is 0. The summed E-state index contributed by atoms with van der Waals surface area (Å²) in [4.78, 5) is 18.2. The number of primary amides is 1. The first kappa shape index (κ1) is 20.7. The van der Waals surface area contributed by atoms with Crippen LogP contribution in [0.25, 0.3) is 0 Å². The van der Waals surface area contributed by atoms with Gasteiger partial charge in [-0.25, -0.2) is 4.99 Å². The van der Waals surface area contributed by atoms with Crippen LogP contribution < -0.4 is 16.8 Å². The van der Waals surface area contributed by atoms with Crippen molar-refractivity contribution in [2.75, 3.05) is 14.1 Å². The number of carbonyl (C=O) groups excluding carboxylic acids is 1. The lowest BCUT2D eigenvalue weighted by Crippen LogP contribution is -2.44. The molecule has 0 spiro atoms. The van der Waals surface area contributed by atoms with Crippen molar-refractivity contribution in [1.29, 1.82) is 5.26 Å². The Hall–Kier alpha value is -2.56. The van der Waals surface area contributed by atoms with E-state index in [9.17, 15) is 10.1 Å². The van der Waals surface area contributed by atoms with Gasteiger partial charge in [0, 0.05) is 23.3 Å². The van der Waals surface area contributed by atoms with Crippen molar-refractivity contribution in [2.45, 2.75) is 31.3 Å². The molecule has 5 N–H and O–H groups in total. The Labute approximate surface area is 164 Å². The third kappa shape index (κ3) is 5.71. The highest BCUT2D eigenvalue weighted by molar-refractivity contribution is 6.30. The molecule has 27 heavy (non-hydrogen) atoms. The van der Waals surface area contributed by atoms with Gasteiger partial charge in [-0.15, -0.1) is 0 Å². The van der Waals surface area contributed by atoms with E-state index < -0.39 is 5.91 Å². The molecule has 1 aliphatic carbocycles. The van der Waals surface area contributed by atoms with Gasteiger partial charge in [-0.3, -0.25) is 4.79 Å². The van der Waals surface area contributed by atoms with Crippen LogP contribution in [0.4, 0.5) is 5.69 Å². The van der Waals surface area contributed by atoms with Crippen LogP contribution >= 0.6 is 11.6 Å². The van der Waals surface area contributed by atoms with Gasteiger partial charge in [-0.05, 0) is 57.6 Å². The molecule has 8 heteroatoms. The molecule has 0 radical (unpaired) electrons. The van der Waals surface area contributed by atoms with Gasteiger partial charge in [0.2, 0.25) is 0 Å². The summed E-state index contributed by atoms with van der Waals surface area (Å²) in [7, 11) is 4.04. The normalized spacial score (nSPS) is 23.7. The monoisotopic (exact) mass is 388 g/mol. The maximum absolute atomic E-state index is 11.8. The number of rotatable bonds is 6. The second-order valence-corrected chi connectivity index (χ2v) is 7.27. The van der Waals surface area contributed by atoms with Gasteiger partial charge < -0.3 is 21.7 Å². The quantitative estimate of drug-likeness (QED) is 0.390. The number of nitrogens with two attached hydrogens (primary N) is 2. The molecule has 0 saturated heterocycles. The fourth-order valence-corrected chi connectivity index (χ4v) is 3.26. The number of hydrogen-bond acceptors (Lipinski definition) is 5. The first-order valence-corrected chi connectivity index (χ1v) is 9.11. The van der Waals surface area contributed by atoms with E-state index in [1.54, 1.807) is 24.3 Å². The standard InChI is InChI=1S/C19H25ClN6O/c1-26(2)15-7-8-17(12(9-15)10-21)24-11-16(19(23)27)18(22)25-14-5-3-13(20)4-6-14/h3-6,11-12,15,17,24H,7-9H2,1-2H3,(H2,22,25)(H2,23,27)/b16-11+/t12-,15-,17+/m1/s1. The number of nitrogens with zero attached hydrogens (tertiary/aromatic N) is 3. The summed E-state index contributed by atoms with van der Waals surface area (Å²) >= 11 is 5.85. The van der Waals surface area contributed by atoms with Gasteiger partial charge in [0.25, 0.3) is 5.91 Å². The molecule has 0 bridgehead atoms. The van der Waals surface area contributed by atoms with E-state index in [2.05, 4.69) is 21.3 Å². The molecular formula is C19H25ClN6O. The number of benzene rings is 1. The summed E-state index contributed by atoms with van der Waals surface area (Å²) in [5.74, 6) is -0.841. The third-order valence-electron chi connectivity index (χ3n) is 4.78. The van der Waals surface area contributed by atoms with E-state index in [1.165, 1.54) is 6.20 Å². The summed E-state index contributed by atoms with van der Waals surface area (Å²) in [6.07, 6.45) is 4.03. The van der Waals surface area contributed by atoms with Crippen molar-refractivity contribution >= 4 is 29.0 Å². The number of carbonyl (C=O) groups is 1. The molecule has 1 fully saturated rings. The molecule has 3 atom stereocenters. The van der Waals surface area contributed by atoms with E-state index in [0.717, 1.165) is 19.3 Å². The number of hydrogen-bond donors (Lipinski definition) is 3. The zero-order valence-electron chi connectivity index (χ0n) is 15.5. The second-order valence-electron chi connectivity index (χ2n) is 6.83. The lowest BCUT2D eigenvalue weighted by molar-refractivity contribution is -0.114. The van der Waals surface area contributed by atoms with Gasteiger partial charge >= 0.3 is 0 Å². The van der Waals surface area contributed by atoms with Gasteiger partial charge in [0.05, 0.1) is 23.2 Å².